The number of alkyl halides is 1. The lowest BCUT2D eigenvalue weighted by Gasteiger charge is -1.98. The van der Waals surface area contributed by atoms with Crippen LogP contribution in [0.5, 0.6) is 0 Å². The predicted molar refractivity (Wildman–Crippen MR) is 48.1 cm³/mol. The van der Waals surface area contributed by atoms with Crippen molar-refractivity contribution >= 4 is 33.2 Å². The molecule has 0 spiro atoms. The van der Waals surface area contributed by atoms with E-state index in [-0.39, 0.29) is 16.2 Å². The molecule has 0 N–H and O–H groups in total. The fourth-order valence-electron chi connectivity index (χ4n) is 0.766. The van der Waals surface area contributed by atoms with Crippen LogP contribution in [0.25, 0.3) is 0 Å². The van der Waals surface area contributed by atoms with Gasteiger partial charge in [-0.05, 0) is 22.0 Å². The number of nitrogens with zero attached hydrogens (tertiary/aromatic N) is 2. The van der Waals surface area contributed by atoms with E-state index in [9.17, 15) is 10.1 Å². The lowest BCUT2D eigenvalue weighted by Crippen LogP contribution is -1.96. The second-order valence-corrected chi connectivity index (χ2v) is 3.02. The number of halogens is 2. The molecule has 0 aliphatic rings. The molecule has 0 aliphatic carbocycles. The summed E-state index contributed by atoms with van der Waals surface area (Å²) in [6, 6.07) is 1.52. The Morgan fingerprint density at radius 3 is 2.83 bits per heavy atom. The van der Waals surface area contributed by atoms with E-state index in [1.165, 1.54) is 12.3 Å². The molecule has 0 aromatic carbocycles. The highest BCUT2D eigenvalue weighted by molar-refractivity contribution is 9.10. The summed E-state index contributed by atoms with van der Waals surface area (Å²) in [6.45, 7) is 0. The summed E-state index contributed by atoms with van der Waals surface area (Å²) in [5, 5.41) is 10.5. The Hall–Kier alpha value is -0.680. The Labute approximate surface area is 81.8 Å². The summed E-state index contributed by atoms with van der Waals surface area (Å²) in [5.41, 5.74) is 0.399. The van der Waals surface area contributed by atoms with E-state index in [2.05, 4.69) is 20.9 Å². The smallest absolute Gasteiger partial charge is 0.258 e. The molecule has 0 aliphatic heterocycles. The maximum Gasteiger partial charge on any atom is 0.306 e. The van der Waals surface area contributed by atoms with Gasteiger partial charge >= 0.3 is 5.69 Å². The first-order valence-electron chi connectivity index (χ1n) is 3.00. The molecule has 1 aromatic rings. The summed E-state index contributed by atoms with van der Waals surface area (Å²) in [6.07, 6.45) is 1.47. The van der Waals surface area contributed by atoms with E-state index in [1.807, 2.05) is 0 Å². The first kappa shape index (κ1) is 9.41. The van der Waals surface area contributed by atoms with Crippen molar-refractivity contribution in [3.05, 3.63) is 32.5 Å². The van der Waals surface area contributed by atoms with Gasteiger partial charge in [0.15, 0.2) is 4.60 Å². The van der Waals surface area contributed by atoms with Gasteiger partial charge in [0.05, 0.1) is 10.8 Å². The molecule has 0 radical (unpaired) electrons. The molecule has 1 aromatic heterocycles. The zero-order chi connectivity index (χ0) is 9.14. The highest BCUT2D eigenvalue weighted by Gasteiger charge is 2.17. The zero-order valence-electron chi connectivity index (χ0n) is 5.83. The first-order valence-corrected chi connectivity index (χ1v) is 4.33. The lowest BCUT2D eigenvalue weighted by molar-refractivity contribution is -0.386. The van der Waals surface area contributed by atoms with Crippen LogP contribution in [0.2, 0.25) is 0 Å². The zero-order valence-corrected chi connectivity index (χ0v) is 8.17. The fraction of sp³-hybridized carbons (Fsp3) is 0.167. The summed E-state index contributed by atoms with van der Waals surface area (Å²) in [4.78, 5) is 13.7. The third kappa shape index (κ3) is 1.73. The van der Waals surface area contributed by atoms with E-state index in [0.717, 1.165) is 0 Å². The molecule has 64 valence electrons. The predicted octanol–water partition coefficient (Wildman–Crippen LogP) is 2.49. The third-order valence-electron chi connectivity index (χ3n) is 1.29. The summed E-state index contributed by atoms with van der Waals surface area (Å²) in [5.74, 6) is 0.109. The highest BCUT2D eigenvalue weighted by atomic mass is 79.9. The van der Waals surface area contributed by atoms with Gasteiger partial charge in [-0.1, -0.05) is 0 Å². The Morgan fingerprint density at radius 2 is 2.42 bits per heavy atom. The van der Waals surface area contributed by atoms with E-state index in [0.29, 0.717) is 5.56 Å². The van der Waals surface area contributed by atoms with Gasteiger partial charge < -0.3 is 0 Å². The second kappa shape index (κ2) is 3.82. The van der Waals surface area contributed by atoms with E-state index >= 15 is 0 Å². The number of hydrogen-bond acceptors (Lipinski definition) is 3. The molecule has 12 heavy (non-hydrogen) atoms. The van der Waals surface area contributed by atoms with Crippen molar-refractivity contribution in [1.82, 2.24) is 4.98 Å². The van der Waals surface area contributed by atoms with Crippen LogP contribution in [0.4, 0.5) is 5.69 Å². The van der Waals surface area contributed by atoms with Crippen LogP contribution in [0.3, 0.4) is 0 Å². The standard InChI is InChI=1S/C6H4BrClN2O2/c7-6-5(10(11)12)4(3-8)1-2-9-6/h1-2H,3H2. The van der Waals surface area contributed by atoms with Crippen molar-refractivity contribution in [3.63, 3.8) is 0 Å². The maximum absolute atomic E-state index is 10.5. The fourth-order valence-corrected chi connectivity index (χ4v) is 1.50. The minimum absolute atomic E-state index is 0.0625. The van der Waals surface area contributed by atoms with E-state index in [4.69, 9.17) is 11.6 Å². The summed E-state index contributed by atoms with van der Waals surface area (Å²) >= 11 is 8.47. The molecule has 1 rings (SSSR count). The molecular weight excluding hydrogens is 247 g/mol. The van der Waals surface area contributed by atoms with Crippen molar-refractivity contribution in [2.24, 2.45) is 0 Å². The number of hydrogen-bond donors (Lipinski definition) is 0. The van der Waals surface area contributed by atoms with Gasteiger partial charge in [0.2, 0.25) is 0 Å². The highest BCUT2D eigenvalue weighted by Crippen LogP contribution is 2.27. The van der Waals surface area contributed by atoms with E-state index in [1.54, 1.807) is 0 Å². The minimum Gasteiger partial charge on any atom is -0.258 e. The first-order chi connectivity index (χ1) is 5.66. The van der Waals surface area contributed by atoms with Crippen molar-refractivity contribution in [2.75, 3.05) is 0 Å². The Kier molecular flexibility index (Phi) is 2.99. The van der Waals surface area contributed by atoms with Crippen LogP contribution in [0.15, 0.2) is 16.9 Å². The number of aromatic nitrogens is 1. The van der Waals surface area contributed by atoms with Gasteiger partial charge in [-0.15, -0.1) is 11.6 Å². The van der Waals surface area contributed by atoms with Crippen LogP contribution in [0, 0.1) is 10.1 Å². The SMILES string of the molecule is O=[N+]([O-])c1c(CCl)ccnc1Br. The summed E-state index contributed by atoms with van der Waals surface area (Å²) < 4.78 is 0.214. The van der Waals surface area contributed by atoms with Gasteiger partial charge in [0.25, 0.3) is 0 Å². The number of pyridine rings is 1. The largest absolute Gasteiger partial charge is 0.306 e. The van der Waals surface area contributed by atoms with Gasteiger partial charge in [-0.2, -0.15) is 0 Å². The van der Waals surface area contributed by atoms with Crippen LogP contribution in [0.1, 0.15) is 5.56 Å². The molecule has 1 heterocycles. The summed E-state index contributed by atoms with van der Waals surface area (Å²) in [7, 11) is 0. The van der Waals surface area contributed by atoms with Crippen LogP contribution >= 0.6 is 27.5 Å². The molecule has 0 bridgehead atoms. The van der Waals surface area contributed by atoms with E-state index < -0.39 is 4.92 Å². The van der Waals surface area contributed by atoms with Crippen LogP contribution < -0.4 is 0 Å². The van der Waals surface area contributed by atoms with Crippen molar-refractivity contribution in [1.29, 1.82) is 0 Å². The Morgan fingerprint density at radius 1 is 1.75 bits per heavy atom. The maximum atomic E-state index is 10.5. The molecule has 0 saturated heterocycles. The molecule has 0 atom stereocenters. The van der Waals surface area contributed by atoms with Crippen molar-refractivity contribution < 1.29 is 4.92 Å². The van der Waals surface area contributed by atoms with Gasteiger partial charge in [0, 0.05) is 11.8 Å². The topological polar surface area (TPSA) is 56.0 Å². The molecular formula is C6H4BrClN2O2. The van der Waals surface area contributed by atoms with Gasteiger partial charge in [-0.3, -0.25) is 10.1 Å². The molecule has 0 amide bonds. The molecule has 4 nitrogen and oxygen atoms in total. The Bertz CT molecular complexity index is 318. The normalized spacial score (nSPS) is 9.83. The minimum atomic E-state index is -0.505. The van der Waals surface area contributed by atoms with Crippen molar-refractivity contribution in [2.45, 2.75) is 5.88 Å². The lowest BCUT2D eigenvalue weighted by atomic mass is 10.2. The molecule has 0 saturated carbocycles. The van der Waals surface area contributed by atoms with Crippen molar-refractivity contribution in [3.8, 4) is 0 Å². The van der Waals surface area contributed by atoms with Gasteiger partial charge in [0.1, 0.15) is 0 Å². The monoisotopic (exact) mass is 250 g/mol. The van der Waals surface area contributed by atoms with Gasteiger partial charge in [-0.25, -0.2) is 4.98 Å². The second-order valence-electron chi connectivity index (χ2n) is 2.00. The van der Waals surface area contributed by atoms with Crippen LogP contribution in [-0.4, -0.2) is 9.91 Å². The van der Waals surface area contributed by atoms with Crippen LogP contribution in [-0.2, 0) is 5.88 Å². The Balaban J connectivity index is 3.29. The average Bonchev–Trinajstić information content (AvgIpc) is 2.03. The average molecular weight is 251 g/mol. The molecule has 0 unspecified atom stereocenters. The molecule has 6 heteroatoms. The number of nitro groups is 1. The number of rotatable bonds is 2. The quantitative estimate of drug-likeness (QED) is 0.351. The third-order valence-corrected chi connectivity index (χ3v) is 2.16. The molecule has 0 fully saturated rings.